The van der Waals surface area contributed by atoms with E-state index in [0.717, 1.165) is 10.5 Å². The van der Waals surface area contributed by atoms with Gasteiger partial charge >= 0.3 is 5.97 Å². The Morgan fingerprint density at radius 2 is 1.52 bits per heavy atom. The molecule has 0 atom stereocenters. The summed E-state index contributed by atoms with van der Waals surface area (Å²) in [5.41, 5.74) is 0.776. The highest BCUT2D eigenvalue weighted by Gasteiger charge is 2.33. The zero-order valence-electron chi connectivity index (χ0n) is 19.7. The first kappa shape index (κ1) is 23.9. The third kappa shape index (κ3) is 4.58. The fourth-order valence-electron chi connectivity index (χ4n) is 3.39. The van der Waals surface area contributed by atoms with Gasteiger partial charge in [0.15, 0.2) is 5.75 Å². The summed E-state index contributed by atoms with van der Waals surface area (Å²) in [6, 6.07) is 13.7. The maximum Gasteiger partial charge on any atom is 0.313 e. The van der Waals surface area contributed by atoms with Gasteiger partial charge in [-0.15, -0.1) is 0 Å². The third-order valence-corrected chi connectivity index (χ3v) is 5.35. The van der Waals surface area contributed by atoms with E-state index in [2.05, 4.69) is 0 Å². The van der Waals surface area contributed by atoms with Crippen LogP contribution in [0.1, 0.15) is 43.6 Å². The Hall–Kier alpha value is -3.74. The average Bonchev–Trinajstić information content (AvgIpc) is 2.78. The van der Waals surface area contributed by atoms with E-state index in [1.807, 2.05) is 6.92 Å². The second-order valence-electron chi connectivity index (χ2n) is 8.63. The van der Waals surface area contributed by atoms with Gasteiger partial charge in [-0.2, -0.15) is 0 Å². The van der Waals surface area contributed by atoms with Gasteiger partial charge in [0.1, 0.15) is 5.56 Å². The number of carbonyl (C=O) groups excluding carboxylic acids is 3. The predicted molar refractivity (Wildman–Crippen MR) is 127 cm³/mol. The number of anilines is 1. The van der Waals surface area contributed by atoms with Crippen molar-refractivity contribution in [2.45, 2.75) is 34.6 Å². The molecule has 33 heavy (non-hydrogen) atoms. The van der Waals surface area contributed by atoms with Gasteiger partial charge in [-0.1, -0.05) is 57.5 Å². The number of hydrogen-bond donors (Lipinski definition) is 0. The van der Waals surface area contributed by atoms with Crippen LogP contribution in [-0.2, 0) is 16.6 Å². The van der Waals surface area contributed by atoms with Crippen molar-refractivity contribution in [3.63, 3.8) is 0 Å². The van der Waals surface area contributed by atoms with Crippen LogP contribution in [0, 0.1) is 18.8 Å². The SMILES string of the molecule is Cc1ccc(N(C(=O)c2c(OC(=O)C(C)C)c3ccccc3n(C)c2=O)C(=O)C(C)C)cc1. The molecule has 0 aliphatic carbocycles. The van der Waals surface area contributed by atoms with E-state index in [1.54, 1.807) is 76.2 Å². The fourth-order valence-corrected chi connectivity index (χ4v) is 3.39. The van der Waals surface area contributed by atoms with Crippen LogP contribution in [0.2, 0.25) is 0 Å². The van der Waals surface area contributed by atoms with E-state index in [0.29, 0.717) is 16.6 Å². The molecular weight excluding hydrogens is 420 g/mol. The zero-order chi connectivity index (χ0) is 24.4. The normalized spacial score (nSPS) is 11.2. The summed E-state index contributed by atoms with van der Waals surface area (Å²) in [6.45, 7) is 8.56. The van der Waals surface area contributed by atoms with Crippen LogP contribution in [0.15, 0.2) is 53.3 Å². The molecule has 0 saturated carbocycles. The zero-order valence-corrected chi connectivity index (χ0v) is 19.7. The molecule has 3 rings (SSSR count). The van der Waals surface area contributed by atoms with Crippen molar-refractivity contribution in [1.82, 2.24) is 4.57 Å². The molecule has 1 aromatic heterocycles. The number of pyridine rings is 1. The molecule has 7 heteroatoms. The molecule has 1 heterocycles. The number of aromatic nitrogens is 1. The summed E-state index contributed by atoms with van der Waals surface area (Å²) in [4.78, 5) is 53.9. The highest BCUT2D eigenvalue weighted by Crippen LogP contribution is 2.31. The van der Waals surface area contributed by atoms with E-state index in [-0.39, 0.29) is 11.3 Å². The molecule has 0 aliphatic rings. The fraction of sp³-hybridized carbons (Fsp3) is 0.308. The van der Waals surface area contributed by atoms with Crippen molar-refractivity contribution in [2.75, 3.05) is 4.90 Å². The van der Waals surface area contributed by atoms with Crippen molar-refractivity contribution in [3.8, 4) is 5.75 Å². The highest BCUT2D eigenvalue weighted by molar-refractivity contribution is 6.23. The van der Waals surface area contributed by atoms with Gasteiger partial charge in [-0.25, -0.2) is 4.90 Å². The minimum atomic E-state index is -0.838. The van der Waals surface area contributed by atoms with E-state index in [4.69, 9.17) is 4.74 Å². The molecular formula is C26H28N2O5. The van der Waals surface area contributed by atoms with Crippen molar-refractivity contribution >= 4 is 34.4 Å². The van der Waals surface area contributed by atoms with Gasteiger partial charge in [-0.3, -0.25) is 19.2 Å². The lowest BCUT2D eigenvalue weighted by Crippen LogP contribution is -2.43. The molecule has 2 aromatic carbocycles. The van der Waals surface area contributed by atoms with Crippen LogP contribution in [0.25, 0.3) is 10.9 Å². The van der Waals surface area contributed by atoms with Crippen LogP contribution in [0.3, 0.4) is 0 Å². The standard InChI is InChI=1S/C26H28N2O5/c1-15(2)23(29)28(18-13-11-17(5)12-14-18)25(31)21-22(33-26(32)16(3)4)19-9-7-8-10-20(19)27(6)24(21)30/h7-16H,1-6H3. The van der Waals surface area contributed by atoms with Gasteiger partial charge in [0, 0.05) is 18.4 Å². The lowest BCUT2D eigenvalue weighted by molar-refractivity contribution is -0.137. The molecule has 0 unspecified atom stereocenters. The van der Waals surface area contributed by atoms with Crippen LogP contribution in [0.5, 0.6) is 5.75 Å². The molecule has 3 aromatic rings. The number of amides is 2. The Labute approximate surface area is 192 Å². The second kappa shape index (κ2) is 9.40. The molecule has 2 amide bonds. The number of ether oxygens (including phenoxy) is 1. The topological polar surface area (TPSA) is 85.7 Å². The number of aryl methyl sites for hydroxylation is 2. The molecule has 0 fully saturated rings. The van der Waals surface area contributed by atoms with E-state index in [9.17, 15) is 19.2 Å². The smallest absolute Gasteiger partial charge is 0.313 e. The van der Waals surface area contributed by atoms with E-state index in [1.165, 1.54) is 11.6 Å². The number of benzene rings is 2. The number of para-hydroxylation sites is 1. The molecule has 0 bridgehead atoms. The average molecular weight is 449 g/mol. The predicted octanol–water partition coefficient (Wildman–Crippen LogP) is 4.24. The van der Waals surface area contributed by atoms with E-state index < -0.39 is 35.2 Å². The van der Waals surface area contributed by atoms with E-state index >= 15 is 0 Å². The van der Waals surface area contributed by atoms with Gasteiger partial charge < -0.3 is 9.30 Å². The van der Waals surface area contributed by atoms with Gasteiger partial charge in [0.05, 0.1) is 17.1 Å². The summed E-state index contributed by atoms with van der Waals surface area (Å²) in [5, 5.41) is 0.429. The summed E-state index contributed by atoms with van der Waals surface area (Å²) >= 11 is 0. The minimum absolute atomic E-state index is 0.133. The molecule has 7 nitrogen and oxygen atoms in total. The lowest BCUT2D eigenvalue weighted by atomic mass is 10.1. The van der Waals surface area contributed by atoms with Crippen LogP contribution >= 0.6 is 0 Å². The summed E-state index contributed by atoms with van der Waals surface area (Å²) < 4.78 is 6.93. The minimum Gasteiger partial charge on any atom is -0.425 e. The number of hydrogen-bond acceptors (Lipinski definition) is 5. The van der Waals surface area contributed by atoms with Crippen LogP contribution in [0.4, 0.5) is 5.69 Å². The number of carbonyl (C=O) groups is 3. The molecule has 172 valence electrons. The van der Waals surface area contributed by atoms with Gasteiger partial charge in [0.25, 0.3) is 11.5 Å². The van der Waals surface area contributed by atoms with Crippen molar-refractivity contribution in [2.24, 2.45) is 18.9 Å². The van der Waals surface area contributed by atoms with Crippen molar-refractivity contribution < 1.29 is 19.1 Å². The summed E-state index contributed by atoms with van der Waals surface area (Å²) in [7, 11) is 1.54. The Balaban J connectivity index is 2.33. The Morgan fingerprint density at radius 1 is 0.909 bits per heavy atom. The molecule has 0 N–H and O–H groups in total. The number of fused-ring (bicyclic) bond motifs is 1. The Kier molecular flexibility index (Phi) is 6.81. The Morgan fingerprint density at radius 3 is 2.09 bits per heavy atom. The summed E-state index contributed by atoms with van der Waals surface area (Å²) in [6.07, 6.45) is 0. The molecule has 0 spiro atoms. The van der Waals surface area contributed by atoms with Crippen molar-refractivity contribution in [3.05, 3.63) is 70.0 Å². The third-order valence-electron chi connectivity index (χ3n) is 5.35. The second-order valence-corrected chi connectivity index (χ2v) is 8.63. The number of rotatable bonds is 5. The molecule has 0 aliphatic heterocycles. The van der Waals surface area contributed by atoms with Gasteiger partial charge in [-0.05, 0) is 31.2 Å². The monoisotopic (exact) mass is 448 g/mol. The number of nitrogens with zero attached hydrogens (tertiary/aromatic N) is 2. The van der Waals surface area contributed by atoms with Gasteiger partial charge in [0.2, 0.25) is 5.91 Å². The first-order chi connectivity index (χ1) is 15.5. The quantitative estimate of drug-likeness (QED) is 0.545. The first-order valence-corrected chi connectivity index (χ1v) is 10.8. The van der Waals surface area contributed by atoms with Crippen LogP contribution < -0.4 is 15.2 Å². The highest BCUT2D eigenvalue weighted by atomic mass is 16.5. The maximum absolute atomic E-state index is 13.9. The lowest BCUT2D eigenvalue weighted by Gasteiger charge is -2.24. The number of imide groups is 1. The number of esters is 1. The van der Waals surface area contributed by atoms with Crippen molar-refractivity contribution in [1.29, 1.82) is 0 Å². The molecule has 0 radical (unpaired) electrons. The Bertz CT molecular complexity index is 1290. The summed E-state index contributed by atoms with van der Waals surface area (Å²) in [5.74, 6) is -3.02. The van der Waals surface area contributed by atoms with Crippen LogP contribution in [-0.4, -0.2) is 22.4 Å². The first-order valence-electron chi connectivity index (χ1n) is 10.8. The largest absolute Gasteiger partial charge is 0.425 e. The maximum atomic E-state index is 13.9. The molecule has 0 saturated heterocycles.